The lowest BCUT2D eigenvalue weighted by Crippen LogP contribution is -1.73. The number of aromatic amines is 1. The number of aromatic nitrogens is 2. The van der Waals surface area contributed by atoms with Gasteiger partial charge < -0.3 is 4.98 Å². The van der Waals surface area contributed by atoms with E-state index in [1.807, 2.05) is 30.4 Å². The summed E-state index contributed by atoms with van der Waals surface area (Å²) in [6, 6.07) is 6.05. The zero-order valence-electron chi connectivity index (χ0n) is 7.00. The van der Waals surface area contributed by atoms with Crippen molar-refractivity contribution in [2.24, 2.45) is 0 Å². The Bertz CT molecular complexity index is 431. The molecule has 13 heavy (non-hydrogen) atoms. The summed E-state index contributed by atoms with van der Waals surface area (Å²) in [5.74, 6) is 0.543. The zero-order valence-corrected chi connectivity index (χ0v) is 7.75. The van der Waals surface area contributed by atoms with Crippen LogP contribution in [-0.2, 0) is 0 Å². The molecule has 0 spiro atoms. The third-order valence-corrected chi connectivity index (χ3v) is 2.02. The van der Waals surface area contributed by atoms with Gasteiger partial charge in [-0.3, -0.25) is 0 Å². The molecule has 1 N–H and O–H groups in total. The van der Waals surface area contributed by atoms with Crippen LogP contribution >= 0.6 is 11.6 Å². The first kappa shape index (κ1) is 8.32. The zero-order chi connectivity index (χ0) is 9.10. The molecule has 3 heteroatoms. The van der Waals surface area contributed by atoms with Gasteiger partial charge in [0.05, 0.1) is 17.4 Å². The van der Waals surface area contributed by atoms with Crippen LogP contribution in [0.4, 0.5) is 0 Å². The summed E-state index contributed by atoms with van der Waals surface area (Å²) >= 11 is 5.54. The molecule has 1 aromatic carbocycles. The van der Waals surface area contributed by atoms with E-state index in [0.717, 1.165) is 16.6 Å². The molecule has 0 amide bonds. The molecule has 0 unspecified atom stereocenters. The lowest BCUT2D eigenvalue weighted by atomic mass is 10.2. The number of halogens is 1. The Labute approximate surface area is 81.3 Å². The average Bonchev–Trinajstić information content (AvgIpc) is 2.61. The van der Waals surface area contributed by atoms with Crippen molar-refractivity contribution in [1.82, 2.24) is 9.97 Å². The highest BCUT2D eigenvalue weighted by Gasteiger charge is 1.94. The van der Waals surface area contributed by atoms with Gasteiger partial charge in [0.25, 0.3) is 0 Å². The number of benzene rings is 1. The number of nitrogens with zero attached hydrogens (tertiary/aromatic N) is 1. The Morgan fingerprint density at radius 1 is 1.46 bits per heavy atom. The second-order valence-corrected chi connectivity index (χ2v) is 3.04. The first-order chi connectivity index (χ1) is 6.40. The minimum Gasteiger partial charge on any atom is -0.345 e. The Balaban J connectivity index is 2.42. The predicted molar refractivity (Wildman–Crippen MR) is 55.8 cm³/mol. The smallest absolute Gasteiger partial charge is 0.0931 e. The van der Waals surface area contributed by atoms with Crippen LogP contribution in [0.2, 0.25) is 0 Å². The first-order valence-electron chi connectivity index (χ1n) is 4.06. The molecule has 0 atom stereocenters. The highest BCUT2D eigenvalue weighted by atomic mass is 35.5. The van der Waals surface area contributed by atoms with Gasteiger partial charge >= 0.3 is 0 Å². The van der Waals surface area contributed by atoms with Gasteiger partial charge in [-0.25, -0.2) is 4.98 Å². The Morgan fingerprint density at radius 3 is 3.23 bits per heavy atom. The molecule has 0 saturated heterocycles. The van der Waals surface area contributed by atoms with Crippen molar-refractivity contribution in [1.29, 1.82) is 0 Å². The molecule has 1 aromatic heterocycles. The summed E-state index contributed by atoms with van der Waals surface area (Å²) in [5.41, 5.74) is 3.18. The summed E-state index contributed by atoms with van der Waals surface area (Å²) in [7, 11) is 0. The van der Waals surface area contributed by atoms with E-state index in [9.17, 15) is 0 Å². The first-order valence-corrected chi connectivity index (χ1v) is 4.59. The molecular formula is C10H9ClN2. The second kappa shape index (κ2) is 3.62. The maximum atomic E-state index is 5.54. The lowest BCUT2D eigenvalue weighted by Gasteiger charge is -1.92. The van der Waals surface area contributed by atoms with Gasteiger partial charge in [0.2, 0.25) is 0 Å². The van der Waals surface area contributed by atoms with E-state index in [1.54, 1.807) is 6.33 Å². The van der Waals surface area contributed by atoms with Crippen molar-refractivity contribution in [3.63, 3.8) is 0 Å². The molecule has 66 valence electrons. The van der Waals surface area contributed by atoms with Crippen LogP contribution in [-0.4, -0.2) is 15.8 Å². The fourth-order valence-electron chi connectivity index (χ4n) is 1.24. The molecule has 2 rings (SSSR count). The number of alkyl halides is 1. The fraction of sp³-hybridized carbons (Fsp3) is 0.100. The highest BCUT2D eigenvalue weighted by molar-refractivity contribution is 6.19. The van der Waals surface area contributed by atoms with Crippen molar-refractivity contribution in [2.75, 3.05) is 5.88 Å². The van der Waals surface area contributed by atoms with Crippen molar-refractivity contribution >= 4 is 28.7 Å². The van der Waals surface area contributed by atoms with Crippen LogP contribution in [0.25, 0.3) is 17.1 Å². The Hall–Kier alpha value is -1.28. The number of fused-ring (bicyclic) bond motifs is 1. The van der Waals surface area contributed by atoms with Crippen molar-refractivity contribution in [3.05, 3.63) is 36.2 Å². The van der Waals surface area contributed by atoms with E-state index < -0.39 is 0 Å². The van der Waals surface area contributed by atoms with Crippen molar-refractivity contribution in [3.8, 4) is 0 Å². The molecule has 2 nitrogen and oxygen atoms in total. The van der Waals surface area contributed by atoms with Crippen LogP contribution in [0, 0.1) is 0 Å². The maximum Gasteiger partial charge on any atom is 0.0931 e. The number of nitrogens with one attached hydrogen (secondary N) is 1. The fourth-order valence-corrected chi connectivity index (χ4v) is 1.33. The number of hydrogen-bond donors (Lipinski definition) is 1. The average molecular weight is 193 g/mol. The SMILES string of the molecule is ClCC=Cc1ccc2nc[nH]c2c1. The Kier molecular flexibility index (Phi) is 2.32. The van der Waals surface area contributed by atoms with Crippen LogP contribution in [0.15, 0.2) is 30.6 Å². The second-order valence-electron chi connectivity index (χ2n) is 2.74. The van der Waals surface area contributed by atoms with Crippen LogP contribution in [0.1, 0.15) is 5.56 Å². The van der Waals surface area contributed by atoms with Gasteiger partial charge in [0, 0.05) is 5.88 Å². The normalized spacial score (nSPS) is 11.5. The summed E-state index contributed by atoms with van der Waals surface area (Å²) in [6.07, 6.45) is 5.60. The molecular weight excluding hydrogens is 184 g/mol. The third-order valence-electron chi connectivity index (χ3n) is 1.84. The molecule has 0 fully saturated rings. The topological polar surface area (TPSA) is 28.7 Å². The molecule has 0 aliphatic carbocycles. The van der Waals surface area contributed by atoms with E-state index in [-0.39, 0.29) is 0 Å². The van der Waals surface area contributed by atoms with Crippen LogP contribution in [0.5, 0.6) is 0 Å². The van der Waals surface area contributed by atoms with E-state index in [0.29, 0.717) is 5.88 Å². The van der Waals surface area contributed by atoms with Crippen LogP contribution in [0.3, 0.4) is 0 Å². The molecule has 0 aliphatic rings. The van der Waals surface area contributed by atoms with Gasteiger partial charge in [-0.1, -0.05) is 18.2 Å². The summed E-state index contributed by atoms with van der Waals surface area (Å²) < 4.78 is 0. The van der Waals surface area contributed by atoms with E-state index in [2.05, 4.69) is 9.97 Å². The minimum absolute atomic E-state index is 0.543. The van der Waals surface area contributed by atoms with E-state index >= 15 is 0 Å². The highest BCUT2D eigenvalue weighted by Crippen LogP contribution is 2.12. The van der Waals surface area contributed by atoms with Gasteiger partial charge in [0.1, 0.15) is 0 Å². The monoisotopic (exact) mass is 192 g/mol. The van der Waals surface area contributed by atoms with E-state index in [1.165, 1.54) is 0 Å². The molecule has 0 bridgehead atoms. The van der Waals surface area contributed by atoms with Gasteiger partial charge in [-0.05, 0) is 17.7 Å². The number of hydrogen-bond acceptors (Lipinski definition) is 1. The van der Waals surface area contributed by atoms with E-state index in [4.69, 9.17) is 11.6 Å². The lowest BCUT2D eigenvalue weighted by molar-refractivity contribution is 1.34. The Morgan fingerprint density at radius 2 is 2.38 bits per heavy atom. The predicted octanol–water partition coefficient (Wildman–Crippen LogP) is 2.81. The number of rotatable bonds is 2. The molecule has 1 heterocycles. The van der Waals surface area contributed by atoms with Gasteiger partial charge in [0.15, 0.2) is 0 Å². The molecule has 0 aliphatic heterocycles. The maximum absolute atomic E-state index is 5.54. The quantitative estimate of drug-likeness (QED) is 0.729. The summed E-state index contributed by atoms with van der Waals surface area (Å²) in [6.45, 7) is 0. The largest absolute Gasteiger partial charge is 0.345 e. The summed E-state index contributed by atoms with van der Waals surface area (Å²) in [4.78, 5) is 7.19. The number of H-pyrrole nitrogens is 1. The molecule has 0 saturated carbocycles. The standard InChI is InChI=1S/C10H9ClN2/c11-5-1-2-8-3-4-9-10(6-8)13-7-12-9/h1-4,6-7H,5H2,(H,12,13). The van der Waals surface area contributed by atoms with Gasteiger partial charge in [-0.2, -0.15) is 0 Å². The van der Waals surface area contributed by atoms with Gasteiger partial charge in [-0.15, -0.1) is 11.6 Å². The third kappa shape index (κ3) is 1.73. The van der Waals surface area contributed by atoms with Crippen molar-refractivity contribution in [2.45, 2.75) is 0 Å². The molecule has 0 radical (unpaired) electrons. The minimum atomic E-state index is 0.543. The summed E-state index contributed by atoms with van der Waals surface area (Å²) in [5, 5.41) is 0. The molecule has 2 aromatic rings. The number of allylic oxidation sites excluding steroid dienone is 1. The number of imidazole rings is 1. The van der Waals surface area contributed by atoms with Crippen molar-refractivity contribution < 1.29 is 0 Å². The van der Waals surface area contributed by atoms with Crippen LogP contribution < -0.4 is 0 Å².